The van der Waals surface area contributed by atoms with Gasteiger partial charge in [0.25, 0.3) is 0 Å². The molecule has 3 aromatic rings. The van der Waals surface area contributed by atoms with Crippen molar-refractivity contribution in [2.24, 2.45) is 0 Å². The molecule has 1 aromatic carbocycles. The van der Waals surface area contributed by atoms with Crippen LogP contribution in [-0.4, -0.2) is 25.8 Å². The van der Waals surface area contributed by atoms with Crippen LogP contribution in [0.4, 0.5) is 4.39 Å². The summed E-state index contributed by atoms with van der Waals surface area (Å²) in [5.74, 6) is -1.14. The zero-order valence-corrected chi connectivity index (χ0v) is 11.6. The Balaban J connectivity index is 2.04. The summed E-state index contributed by atoms with van der Waals surface area (Å²) in [6.45, 7) is 0. The molecule has 0 fully saturated rings. The average Bonchev–Trinajstić information content (AvgIpc) is 3.05. The molecule has 6 nitrogen and oxygen atoms in total. The molecule has 0 radical (unpaired) electrons. The number of carboxylic acid groups (broad SMARTS) is 1. The Morgan fingerprint density at radius 1 is 1.22 bits per heavy atom. The van der Waals surface area contributed by atoms with Crippen LogP contribution in [0.5, 0.6) is 0 Å². The summed E-state index contributed by atoms with van der Waals surface area (Å²) in [4.78, 5) is 15.1. The third-order valence-electron chi connectivity index (χ3n) is 3.21. The minimum Gasteiger partial charge on any atom is -0.478 e. The number of nitrogens with zero attached hydrogens (tertiary/aromatic N) is 4. The number of benzene rings is 1. The van der Waals surface area contributed by atoms with Crippen LogP contribution >= 0.6 is 0 Å². The highest BCUT2D eigenvalue weighted by Gasteiger charge is 2.12. The van der Waals surface area contributed by atoms with Crippen LogP contribution in [0.1, 0.15) is 16.1 Å². The van der Waals surface area contributed by atoms with Crippen molar-refractivity contribution in [3.63, 3.8) is 0 Å². The first-order chi connectivity index (χ1) is 11.1. The number of rotatable bonds is 3. The van der Waals surface area contributed by atoms with E-state index in [4.69, 9.17) is 5.11 Å². The van der Waals surface area contributed by atoms with E-state index in [9.17, 15) is 14.4 Å². The van der Waals surface area contributed by atoms with Crippen LogP contribution in [0.3, 0.4) is 0 Å². The van der Waals surface area contributed by atoms with Crippen LogP contribution < -0.4 is 0 Å². The third-order valence-corrected chi connectivity index (χ3v) is 3.21. The standard InChI is InChI=1S/C16H9FN4O2/c17-12-3-1-10(2-4-12)13-5-6-15(20-14(13)7-18)21-9-11(8-19-21)16(22)23/h1-6,8-9H,(H,22,23). The largest absolute Gasteiger partial charge is 0.478 e. The Labute approximate surface area is 130 Å². The molecule has 0 atom stereocenters. The van der Waals surface area contributed by atoms with E-state index >= 15 is 0 Å². The van der Waals surface area contributed by atoms with E-state index in [1.807, 2.05) is 6.07 Å². The number of nitriles is 1. The maximum atomic E-state index is 13.0. The number of hydrogen-bond acceptors (Lipinski definition) is 4. The van der Waals surface area contributed by atoms with Crippen molar-refractivity contribution in [1.29, 1.82) is 5.26 Å². The predicted molar refractivity (Wildman–Crippen MR) is 78.4 cm³/mol. The molecule has 2 aromatic heterocycles. The molecule has 0 aliphatic heterocycles. The Kier molecular flexibility index (Phi) is 3.57. The van der Waals surface area contributed by atoms with E-state index < -0.39 is 5.97 Å². The van der Waals surface area contributed by atoms with Gasteiger partial charge < -0.3 is 5.11 Å². The second kappa shape index (κ2) is 5.69. The van der Waals surface area contributed by atoms with Crippen LogP contribution in [0.25, 0.3) is 16.9 Å². The molecule has 1 N–H and O–H groups in total. The van der Waals surface area contributed by atoms with E-state index in [1.54, 1.807) is 24.3 Å². The smallest absolute Gasteiger partial charge is 0.338 e. The summed E-state index contributed by atoms with van der Waals surface area (Å²) < 4.78 is 14.3. The summed E-state index contributed by atoms with van der Waals surface area (Å²) in [5, 5.41) is 22.1. The van der Waals surface area contributed by atoms with Gasteiger partial charge in [-0.15, -0.1) is 0 Å². The molecule has 2 heterocycles. The lowest BCUT2D eigenvalue weighted by atomic mass is 10.0. The quantitative estimate of drug-likeness (QED) is 0.803. The van der Waals surface area contributed by atoms with Gasteiger partial charge >= 0.3 is 5.97 Å². The Morgan fingerprint density at radius 2 is 1.96 bits per heavy atom. The van der Waals surface area contributed by atoms with Gasteiger partial charge in [-0.2, -0.15) is 10.4 Å². The van der Waals surface area contributed by atoms with Gasteiger partial charge in [-0.3, -0.25) is 0 Å². The SMILES string of the molecule is N#Cc1nc(-n2cc(C(=O)O)cn2)ccc1-c1ccc(F)cc1. The highest BCUT2D eigenvalue weighted by Crippen LogP contribution is 2.23. The van der Waals surface area contributed by atoms with Crippen LogP contribution in [0.2, 0.25) is 0 Å². The van der Waals surface area contributed by atoms with E-state index in [0.717, 1.165) is 0 Å². The first-order valence-electron chi connectivity index (χ1n) is 6.54. The Bertz CT molecular complexity index is 926. The van der Waals surface area contributed by atoms with Crippen molar-refractivity contribution in [1.82, 2.24) is 14.8 Å². The van der Waals surface area contributed by atoms with Crippen molar-refractivity contribution in [3.05, 3.63) is 65.9 Å². The van der Waals surface area contributed by atoms with Crippen molar-refractivity contribution in [2.75, 3.05) is 0 Å². The predicted octanol–water partition coefficient (Wildman–Crippen LogP) is 2.64. The number of carbonyl (C=O) groups is 1. The number of aromatic nitrogens is 3. The normalized spacial score (nSPS) is 10.3. The summed E-state index contributed by atoms with van der Waals surface area (Å²) in [7, 11) is 0. The summed E-state index contributed by atoms with van der Waals surface area (Å²) in [6.07, 6.45) is 2.51. The second-order valence-corrected chi connectivity index (χ2v) is 4.66. The minimum absolute atomic E-state index is 0.0212. The highest BCUT2D eigenvalue weighted by atomic mass is 19.1. The van der Waals surface area contributed by atoms with Gasteiger partial charge in [-0.25, -0.2) is 18.9 Å². The van der Waals surface area contributed by atoms with E-state index in [-0.39, 0.29) is 17.1 Å². The van der Waals surface area contributed by atoms with Gasteiger partial charge in [0.05, 0.1) is 11.8 Å². The van der Waals surface area contributed by atoms with Crippen molar-refractivity contribution >= 4 is 5.97 Å². The van der Waals surface area contributed by atoms with Gasteiger partial charge in [0.2, 0.25) is 0 Å². The van der Waals surface area contributed by atoms with E-state index in [2.05, 4.69) is 10.1 Å². The molecular formula is C16H9FN4O2. The molecule has 0 saturated carbocycles. The fraction of sp³-hybridized carbons (Fsp3) is 0. The number of hydrogen-bond donors (Lipinski definition) is 1. The summed E-state index contributed by atoms with van der Waals surface area (Å²) >= 11 is 0. The third kappa shape index (κ3) is 2.78. The van der Waals surface area contributed by atoms with Gasteiger partial charge in [-0.1, -0.05) is 12.1 Å². The summed E-state index contributed by atoms with van der Waals surface area (Å²) in [6, 6.07) is 11.0. The second-order valence-electron chi connectivity index (χ2n) is 4.66. The topological polar surface area (TPSA) is 91.8 Å². The van der Waals surface area contributed by atoms with Gasteiger partial charge in [0, 0.05) is 11.8 Å². The van der Waals surface area contributed by atoms with Crippen LogP contribution in [0.15, 0.2) is 48.8 Å². The van der Waals surface area contributed by atoms with Crippen LogP contribution in [0, 0.1) is 17.1 Å². The van der Waals surface area contributed by atoms with E-state index in [0.29, 0.717) is 16.9 Å². The average molecular weight is 308 g/mol. The van der Waals surface area contributed by atoms with Gasteiger partial charge in [0.15, 0.2) is 11.5 Å². The molecule has 0 unspecified atom stereocenters. The zero-order valence-electron chi connectivity index (χ0n) is 11.6. The fourth-order valence-corrected chi connectivity index (χ4v) is 2.08. The maximum Gasteiger partial charge on any atom is 0.338 e. The number of carboxylic acids is 1. The molecule has 0 spiro atoms. The molecule has 112 valence electrons. The molecule has 7 heteroatoms. The van der Waals surface area contributed by atoms with Gasteiger partial charge in [-0.05, 0) is 29.8 Å². The molecule has 0 saturated heterocycles. The van der Waals surface area contributed by atoms with Crippen molar-refractivity contribution in [3.8, 4) is 23.0 Å². The maximum absolute atomic E-state index is 13.0. The monoisotopic (exact) mass is 308 g/mol. The fourth-order valence-electron chi connectivity index (χ4n) is 2.08. The molecule has 0 aliphatic rings. The van der Waals surface area contributed by atoms with Crippen molar-refractivity contribution < 1.29 is 14.3 Å². The van der Waals surface area contributed by atoms with E-state index in [1.165, 1.54) is 29.2 Å². The molecule has 0 aliphatic carbocycles. The lowest BCUT2D eigenvalue weighted by Crippen LogP contribution is -2.01. The highest BCUT2D eigenvalue weighted by molar-refractivity contribution is 5.87. The zero-order chi connectivity index (χ0) is 16.4. The Morgan fingerprint density at radius 3 is 2.57 bits per heavy atom. The molecule has 0 amide bonds. The minimum atomic E-state index is -1.10. The molecule has 0 bridgehead atoms. The first kappa shape index (κ1) is 14.4. The first-order valence-corrected chi connectivity index (χ1v) is 6.54. The lowest BCUT2D eigenvalue weighted by Gasteiger charge is -2.06. The summed E-state index contributed by atoms with van der Waals surface area (Å²) in [5.41, 5.74) is 1.38. The van der Waals surface area contributed by atoms with Crippen LogP contribution in [-0.2, 0) is 0 Å². The lowest BCUT2D eigenvalue weighted by molar-refractivity contribution is 0.0697. The molecular weight excluding hydrogens is 299 g/mol. The number of halogens is 1. The Hall–Kier alpha value is -3.53. The molecule has 3 rings (SSSR count). The van der Waals surface area contributed by atoms with Crippen molar-refractivity contribution in [2.45, 2.75) is 0 Å². The number of aromatic carboxylic acids is 1. The number of pyridine rings is 1. The van der Waals surface area contributed by atoms with Gasteiger partial charge in [0.1, 0.15) is 11.9 Å². The molecule has 23 heavy (non-hydrogen) atoms.